The molecule has 0 saturated carbocycles. The lowest BCUT2D eigenvalue weighted by Crippen LogP contribution is -2.48. The van der Waals surface area contributed by atoms with Gasteiger partial charge in [-0.05, 0) is 25.1 Å². The molecule has 0 radical (unpaired) electrons. The molecule has 0 bridgehead atoms. The van der Waals surface area contributed by atoms with Crippen molar-refractivity contribution in [2.75, 3.05) is 26.2 Å². The van der Waals surface area contributed by atoms with E-state index in [4.69, 9.17) is 11.6 Å². The minimum atomic E-state index is -0.619. The summed E-state index contributed by atoms with van der Waals surface area (Å²) < 4.78 is 0. The van der Waals surface area contributed by atoms with Gasteiger partial charge in [-0.3, -0.25) is 14.4 Å². The van der Waals surface area contributed by atoms with Crippen LogP contribution in [-0.4, -0.2) is 65.0 Å². The first kappa shape index (κ1) is 18.7. The van der Waals surface area contributed by atoms with Gasteiger partial charge in [-0.1, -0.05) is 11.6 Å². The Bertz CT molecular complexity index is 699. The second-order valence-corrected chi connectivity index (χ2v) is 6.08. The SMILES string of the molecule is C/C(CC(=O)N1CCN(C=O)CC1)=N\NC(=O)c1cc(Cl)ccc1O. The van der Waals surface area contributed by atoms with Crippen LogP contribution in [0.25, 0.3) is 0 Å². The summed E-state index contributed by atoms with van der Waals surface area (Å²) in [5.74, 6) is -0.947. The molecule has 8 nitrogen and oxygen atoms in total. The predicted octanol–water partition coefficient (Wildman–Crippen LogP) is 0.842. The van der Waals surface area contributed by atoms with Crippen LogP contribution in [0.5, 0.6) is 5.75 Å². The molecule has 134 valence electrons. The van der Waals surface area contributed by atoms with Crippen LogP contribution in [0, 0.1) is 0 Å². The molecule has 2 N–H and O–H groups in total. The van der Waals surface area contributed by atoms with Crippen molar-refractivity contribution in [2.24, 2.45) is 5.10 Å². The maximum absolute atomic E-state index is 12.2. The van der Waals surface area contributed by atoms with Gasteiger partial charge in [-0.15, -0.1) is 0 Å². The molecule has 3 amide bonds. The zero-order chi connectivity index (χ0) is 18.4. The van der Waals surface area contributed by atoms with Gasteiger partial charge in [-0.2, -0.15) is 5.10 Å². The largest absolute Gasteiger partial charge is 0.507 e. The van der Waals surface area contributed by atoms with Crippen LogP contribution >= 0.6 is 11.6 Å². The number of nitrogens with one attached hydrogen (secondary N) is 1. The maximum Gasteiger partial charge on any atom is 0.275 e. The minimum Gasteiger partial charge on any atom is -0.507 e. The number of hydrogen-bond donors (Lipinski definition) is 2. The third kappa shape index (κ3) is 5.18. The predicted molar refractivity (Wildman–Crippen MR) is 92.5 cm³/mol. The van der Waals surface area contributed by atoms with E-state index in [1.165, 1.54) is 18.2 Å². The minimum absolute atomic E-state index is 0.000335. The van der Waals surface area contributed by atoms with E-state index in [9.17, 15) is 19.5 Å². The zero-order valence-electron chi connectivity index (χ0n) is 13.7. The van der Waals surface area contributed by atoms with Crippen LogP contribution in [0.3, 0.4) is 0 Å². The molecule has 0 spiro atoms. The summed E-state index contributed by atoms with van der Waals surface area (Å²) in [6.45, 7) is 3.60. The highest BCUT2D eigenvalue weighted by Gasteiger charge is 2.20. The molecule has 0 atom stereocenters. The molecule has 1 saturated heterocycles. The summed E-state index contributed by atoms with van der Waals surface area (Å²) in [6.07, 6.45) is 0.832. The third-order valence-corrected chi connectivity index (χ3v) is 4.01. The van der Waals surface area contributed by atoms with Crippen LogP contribution in [0.1, 0.15) is 23.7 Å². The number of benzene rings is 1. The van der Waals surface area contributed by atoms with Gasteiger partial charge in [0.05, 0.1) is 12.0 Å². The van der Waals surface area contributed by atoms with Gasteiger partial charge in [0, 0.05) is 36.9 Å². The topological polar surface area (TPSA) is 102 Å². The molecule has 25 heavy (non-hydrogen) atoms. The van der Waals surface area contributed by atoms with Crippen LogP contribution in [-0.2, 0) is 9.59 Å². The van der Waals surface area contributed by atoms with Crippen molar-refractivity contribution >= 4 is 35.5 Å². The fourth-order valence-electron chi connectivity index (χ4n) is 2.34. The Balaban J connectivity index is 1.89. The number of phenolic OH excluding ortho intramolecular Hbond substituents is 1. The van der Waals surface area contributed by atoms with Crippen molar-refractivity contribution in [3.8, 4) is 5.75 Å². The van der Waals surface area contributed by atoms with Gasteiger partial charge in [0.15, 0.2) is 0 Å². The van der Waals surface area contributed by atoms with Crippen molar-refractivity contribution in [3.63, 3.8) is 0 Å². The molecular formula is C16H19ClN4O4. The quantitative estimate of drug-likeness (QED) is 0.458. The Morgan fingerprint density at radius 2 is 2.00 bits per heavy atom. The third-order valence-electron chi connectivity index (χ3n) is 3.77. The first-order valence-electron chi connectivity index (χ1n) is 7.70. The highest BCUT2D eigenvalue weighted by Crippen LogP contribution is 2.21. The van der Waals surface area contributed by atoms with E-state index < -0.39 is 5.91 Å². The summed E-state index contributed by atoms with van der Waals surface area (Å²) >= 11 is 5.80. The fraction of sp³-hybridized carbons (Fsp3) is 0.375. The van der Waals surface area contributed by atoms with E-state index >= 15 is 0 Å². The van der Waals surface area contributed by atoms with Crippen molar-refractivity contribution in [1.29, 1.82) is 0 Å². The Labute approximate surface area is 150 Å². The molecule has 1 aromatic carbocycles. The fourth-order valence-corrected chi connectivity index (χ4v) is 2.52. The average molecular weight is 367 g/mol. The second kappa shape index (κ2) is 8.48. The van der Waals surface area contributed by atoms with Crippen LogP contribution in [0.2, 0.25) is 5.02 Å². The number of carbonyl (C=O) groups excluding carboxylic acids is 3. The van der Waals surface area contributed by atoms with Gasteiger partial charge >= 0.3 is 0 Å². The Kier molecular flexibility index (Phi) is 6.35. The lowest BCUT2D eigenvalue weighted by Gasteiger charge is -2.32. The smallest absolute Gasteiger partial charge is 0.275 e. The molecule has 0 aliphatic carbocycles. The Hall–Kier alpha value is -2.61. The Morgan fingerprint density at radius 1 is 1.32 bits per heavy atom. The van der Waals surface area contributed by atoms with Crippen molar-refractivity contribution in [1.82, 2.24) is 15.2 Å². The molecule has 1 aromatic rings. The number of rotatable bonds is 5. The zero-order valence-corrected chi connectivity index (χ0v) is 14.5. The summed E-state index contributed by atoms with van der Waals surface area (Å²) in [7, 11) is 0. The van der Waals surface area contributed by atoms with Gasteiger partial charge in [0.1, 0.15) is 5.75 Å². The number of amides is 3. The van der Waals surface area contributed by atoms with Gasteiger partial charge < -0.3 is 14.9 Å². The van der Waals surface area contributed by atoms with Gasteiger partial charge in [-0.25, -0.2) is 5.43 Å². The molecule has 1 aliphatic heterocycles. The van der Waals surface area contributed by atoms with E-state index in [2.05, 4.69) is 10.5 Å². The molecular weight excluding hydrogens is 348 g/mol. The molecule has 1 heterocycles. The molecule has 9 heteroatoms. The number of halogens is 1. The Morgan fingerprint density at radius 3 is 2.64 bits per heavy atom. The first-order chi connectivity index (χ1) is 11.9. The average Bonchev–Trinajstić information content (AvgIpc) is 2.61. The molecule has 0 unspecified atom stereocenters. The van der Waals surface area contributed by atoms with E-state index in [-0.39, 0.29) is 23.6 Å². The maximum atomic E-state index is 12.2. The number of hydrazone groups is 1. The number of phenols is 1. The number of hydrogen-bond acceptors (Lipinski definition) is 5. The number of carbonyl (C=O) groups is 3. The van der Waals surface area contributed by atoms with Crippen molar-refractivity contribution < 1.29 is 19.5 Å². The number of piperazine rings is 1. The standard InChI is InChI=1S/C16H19ClN4O4/c1-11(8-15(24)21-6-4-20(10-22)5-7-21)18-19-16(25)13-9-12(17)2-3-14(13)23/h2-3,9-10,23H,4-8H2,1H3,(H,19,25)/b18-11+. The highest BCUT2D eigenvalue weighted by atomic mass is 35.5. The summed E-state index contributed by atoms with van der Waals surface area (Å²) in [5.41, 5.74) is 2.73. The van der Waals surface area contributed by atoms with E-state index in [0.29, 0.717) is 36.9 Å². The van der Waals surface area contributed by atoms with Crippen molar-refractivity contribution in [3.05, 3.63) is 28.8 Å². The van der Waals surface area contributed by atoms with E-state index in [1.54, 1.807) is 16.7 Å². The van der Waals surface area contributed by atoms with Crippen LogP contribution in [0.15, 0.2) is 23.3 Å². The van der Waals surface area contributed by atoms with Gasteiger partial charge in [0.25, 0.3) is 5.91 Å². The number of nitrogens with zero attached hydrogens (tertiary/aromatic N) is 3. The monoisotopic (exact) mass is 366 g/mol. The first-order valence-corrected chi connectivity index (χ1v) is 8.07. The molecule has 1 fully saturated rings. The number of aromatic hydroxyl groups is 1. The van der Waals surface area contributed by atoms with E-state index in [1.807, 2.05) is 0 Å². The van der Waals surface area contributed by atoms with E-state index in [0.717, 1.165) is 6.41 Å². The lowest BCUT2D eigenvalue weighted by molar-refractivity contribution is -0.134. The van der Waals surface area contributed by atoms with Crippen molar-refractivity contribution in [2.45, 2.75) is 13.3 Å². The second-order valence-electron chi connectivity index (χ2n) is 5.65. The summed E-state index contributed by atoms with van der Waals surface area (Å²) in [5, 5.41) is 13.9. The summed E-state index contributed by atoms with van der Waals surface area (Å²) in [6, 6.07) is 4.11. The highest BCUT2D eigenvalue weighted by molar-refractivity contribution is 6.31. The summed E-state index contributed by atoms with van der Waals surface area (Å²) in [4.78, 5) is 38.1. The normalized spacial score (nSPS) is 15.0. The van der Waals surface area contributed by atoms with Crippen LogP contribution < -0.4 is 5.43 Å². The lowest BCUT2D eigenvalue weighted by atomic mass is 10.2. The van der Waals surface area contributed by atoms with Crippen LogP contribution in [0.4, 0.5) is 0 Å². The molecule has 1 aliphatic rings. The van der Waals surface area contributed by atoms with Gasteiger partial charge in [0.2, 0.25) is 12.3 Å². The molecule has 0 aromatic heterocycles. The molecule has 2 rings (SSSR count).